The van der Waals surface area contributed by atoms with Gasteiger partial charge in [-0.1, -0.05) is 41.9 Å². The van der Waals surface area contributed by atoms with E-state index >= 15 is 0 Å². The molecule has 0 amide bonds. The van der Waals surface area contributed by atoms with Crippen LogP contribution in [0.15, 0.2) is 60.8 Å². The van der Waals surface area contributed by atoms with E-state index in [-0.39, 0.29) is 0 Å². The summed E-state index contributed by atoms with van der Waals surface area (Å²) in [6.45, 7) is 0. The maximum Gasteiger partial charge on any atom is 0.233 e. The zero-order valence-electron chi connectivity index (χ0n) is 9.51. The molecule has 88 valence electrons. The van der Waals surface area contributed by atoms with Gasteiger partial charge in [0.15, 0.2) is 6.20 Å². The van der Waals surface area contributed by atoms with Gasteiger partial charge in [0, 0.05) is 11.5 Å². The van der Waals surface area contributed by atoms with E-state index in [9.17, 15) is 5.21 Å². The normalized spacial score (nSPS) is 10.7. The summed E-state index contributed by atoms with van der Waals surface area (Å²) in [5.74, 6) is 0. The van der Waals surface area contributed by atoms with Crippen molar-refractivity contribution in [2.45, 2.75) is 0 Å². The van der Waals surface area contributed by atoms with Crippen LogP contribution in [0, 0.1) is 5.21 Å². The molecule has 0 bridgehead atoms. The summed E-state index contributed by atoms with van der Waals surface area (Å²) in [6.07, 6.45) is 1.49. The van der Waals surface area contributed by atoms with E-state index in [2.05, 4.69) is 0 Å². The van der Waals surface area contributed by atoms with E-state index in [0.29, 0.717) is 10.5 Å². The smallest absolute Gasteiger partial charge is 0.233 e. The molecule has 1 aromatic heterocycles. The lowest BCUT2D eigenvalue weighted by atomic mass is 10.0. The van der Waals surface area contributed by atoms with Crippen LogP contribution in [-0.2, 0) is 0 Å². The lowest BCUT2D eigenvalue weighted by Crippen LogP contribution is -2.26. The van der Waals surface area contributed by atoms with E-state index in [0.717, 1.165) is 21.2 Å². The van der Waals surface area contributed by atoms with Crippen LogP contribution in [0.4, 0.5) is 0 Å². The zero-order chi connectivity index (χ0) is 12.5. The van der Waals surface area contributed by atoms with Crippen LogP contribution in [0.2, 0.25) is 5.02 Å². The summed E-state index contributed by atoms with van der Waals surface area (Å²) in [4.78, 5) is 0. The first kappa shape index (κ1) is 11.1. The minimum Gasteiger partial charge on any atom is -0.618 e. The molecule has 0 aliphatic carbocycles. The Morgan fingerprint density at radius 2 is 1.67 bits per heavy atom. The number of hydrogen-bond acceptors (Lipinski definition) is 1. The number of nitrogens with zero attached hydrogens (tertiary/aromatic N) is 1. The van der Waals surface area contributed by atoms with Gasteiger partial charge in [0.1, 0.15) is 0 Å². The molecule has 0 radical (unpaired) electrons. The van der Waals surface area contributed by atoms with Gasteiger partial charge in [-0.2, -0.15) is 4.73 Å². The second-order valence-electron chi connectivity index (χ2n) is 4.06. The Kier molecular flexibility index (Phi) is 2.65. The van der Waals surface area contributed by atoms with Gasteiger partial charge in [-0.15, -0.1) is 0 Å². The van der Waals surface area contributed by atoms with Crippen LogP contribution in [0.3, 0.4) is 0 Å². The molecule has 3 rings (SSSR count). The SMILES string of the molecule is [O-][n+]1cccc2ccc(Cl)c(-c3ccccc3)c21. The predicted octanol–water partition coefficient (Wildman–Crippen LogP) is 3.79. The maximum absolute atomic E-state index is 12.0. The predicted molar refractivity (Wildman–Crippen MR) is 73.4 cm³/mol. The lowest BCUT2D eigenvalue weighted by molar-refractivity contribution is -0.576. The van der Waals surface area contributed by atoms with Gasteiger partial charge in [-0.3, -0.25) is 0 Å². The first-order valence-electron chi connectivity index (χ1n) is 5.63. The molecule has 0 saturated heterocycles. The lowest BCUT2D eigenvalue weighted by Gasteiger charge is -2.08. The Morgan fingerprint density at radius 1 is 0.889 bits per heavy atom. The van der Waals surface area contributed by atoms with Crippen LogP contribution >= 0.6 is 11.6 Å². The molecule has 18 heavy (non-hydrogen) atoms. The molecule has 0 spiro atoms. The fourth-order valence-electron chi connectivity index (χ4n) is 2.13. The van der Waals surface area contributed by atoms with Gasteiger partial charge in [0.05, 0.1) is 10.6 Å². The first-order chi connectivity index (χ1) is 8.77. The van der Waals surface area contributed by atoms with Crippen molar-refractivity contribution < 1.29 is 4.73 Å². The van der Waals surface area contributed by atoms with Crippen molar-refractivity contribution in [3.05, 3.63) is 71.0 Å². The molecule has 0 unspecified atom stereocenters. The van der Waals surface area contributed by atoms with Crippen molar-refractivity contribution in [3.63, 3.8) is 0 Å². The number of halogens is 1. The van der Waals surface area contributed by atoms with Gasteiger partial charge in [0.2, 0.25) is 5.52 Å². The van der Waals surface area contributed by atoms with E-state index < -0.39 is 0 Å². The molecule has 3 heteroatoms. The van der Waals surface area contributed by atoms with Crippen LogP contribution < -0.4 is 4.73 Å². The van der Waals surface area contributed by atoms with Crippen molar-refractivity contribution in [1.82, 2.24) is 0 Å². The topological polar surface area (TPSA) is 26.9 Å². The van der Waals surface area contributed by atoms with Crippen LogP contribution in [-0.4, -0.2) is 0 Å². The Balaban J connectivity index is 2.44. The van der Waals surface area contributed by atoms with Crippen molar-refractivity contribution in [2.75, 3.05) is 0 Å². The number of pyridine rings is 1. The summed E-state index contributed by atoms with van der Waals surface area (Å²) in [6, 6.07) is 17.0. The second-order valence-corrected chi connectivity index (χ2v) is 4.47. The van der Waals surface area contributed by atoms with Crippen molar-refractivity contribution >= 4 is 22.5 Å². The van der Waals surface area contributed by atoms with Crippen molar-refractivity contribution in [3.8, 4) is 11.1 Å². The van der Waals surface area contributed by atoms with E-state index in [1.54, 1.807) is 6.07 Å². The molecule has 0 N–H and O–H groups in total. The third-order valence-electron chi connectivity index (χ3n) is 2.94. The second kappa shape index (κ2) is 4.31. The Morgan fingerprint density at radius 3 is 2.44 bits per heavy atom. The molecule has 0 aliphatic rings. The summed E-state index contributed by atoms with van der Waals surface area (Å²) < 4.78 is 0.865. The molecule has 2 nitrogen and oxygen atoms in total. The van der Waals surface area contributed by atoms with Gasteiger partial charge in [0.25, 0.3) is 0 Å². The summed E-state index contributed by atoms with van der Waals surface area (Å²) in [5, 5.41) is 13.5. The highest BCUT2D eigenvalue weighted by Gasteiger charge is 2.15. The molecule has 3 aromatic rings. The number of benzene rings is 2. The average molecular weight is 256 g/mol. The quantitative estimate of drug-likeness (QED) is 0.480. The average Bonchev–Trinajstić information content (AvgIpc) is 2.40. The number of fused-ring (bicyclic) bond motifs is 1. The molecule has 1 heterocycles. The third kappa shape index (κ3) is 1.71. The van der Waals surface area contributed by atoms with Gasteiger partial charge in [-0.25, -0.2) is 0 Å². The standard InChI is InChI=1S/C15H10ClNO/c16-13-9-8-12-7-4-10-17(18)15(12)14(13)11-5-2-1-3-6-11/h1-10H. The molecule has 2 aromatic carbocycles. The Hall–Kier alpha value is -2.06. The number of aromatic nitrogens is 1. The van der Waals surface area contributed by atoms with Crippen LogP contribution in [0.25, 0.3) is 22.0 Å². The third-order valence-corrected chi connectivity index (χ3v) is 3.25. The van der Waals surface area contributed by atoms with Crippen molar-refractivity contribution in [2.24, 2.45) is 0 Å². The maximum atomic E-state index is 12.0. The van der Waals surface area contributed by atoms with Gasteiger partial charge < -0.3 is 5.21 Å². The highest BCUT2D eigenvalue weighted by Crippen LogP contribution is 2.33. The molecule has 0 fully saturated rings. The fourth-order valence-corrected chi connectivity index (χ4v) is 2.40. The monoisotopic (exact) mass is 255 g/mol. The van der Waals surface area contributed by atoms with E-state index in [4.69, 9.17) is 11.6 Å². The van der Waals surface area contributed by atoms with Crippen LogP contribution in [0.5, 0.6) is 0 Å². The molecule has 0 saturated carbocycles. The molecular formula is C15H10ClNO. The minimum atomic E-state index is 0.588. The minimum absolute atomic E-state index is 0.588. The molecular weight excluding hydrogens is 246 g/mol. The highest BCUT2D eigenvalue weighted by molar-refractivity contribution is 6.34. The summed E-state index contributed by atoms with van der Waals surface area (Å²) in [5.41, 5.74) is 2.34. The highest BCUT2D eigenvalue weighted by atomic mass is 35.5. The number of rotatable bonds is 1. The van der Waals surface area contributed by atoms with Gasteiger partial charge in [-0.05, 0) is 23.8 Å². The first-order valence-corrected chi connectivity index (χ1v) is 6.01. The van der Waals surface area contributed by atoms with Crippen LogP contribution in [0.1, 0.15) is 0 Å². The fraction of sp³-hybridized carbons (Fsp3) is 0. The molecule has 0 atom stereocenters. The van der Waals surface area contributed by atoms with Crippen molar-refractivity contribution in [1.29, 1.82) is 0 Å². The largest absolute Gasteiger partial charge is 0.618 e. The summed E-state index contributed by atoms with van der Waals surface area (Å²) >= 11 is 6.26. The number of hydrogen-bond donors (Lipinski definition) is 0. The Bertz CT molecular complexity index is 710. The Labute approximate surface area is 110 Å². The molecule has 0 aliphatic heterocycles. The van der Waals surface area contributed by atoms with E-state index in [1.165, 1.54) is 6.20 Å². The summed E-state index contributed by atoms with van der Waals surface area (Å²) in [7, 11) is 0. The van der Waals surface area contributed by atoms with Gasteiger partial charge >= 0.3 is 0 Å². The van der Waals surface area contributed by atoms with E-state index in [1.807, 2.05) is 48.5 Å². The zero-order valence-corrected chi connectivity index (χ0v) is 10.3.